The zero-order chi connectivity index (χ0) is 19.7. The molecule has 142 valence electrons. The molecule has 0 unspecified atom stereocenters. The third-order valence-electron chi connectivity index (χ3n) is 4.06. The molecule has 1 aromatic carbocycles. The summed E-state index contributed by atoms with van der Waals surface area (Å²) in [6.45, 7) is 12.1. The largest absolute Gasteiger partial charge is 0.398 e. The number of hydrogen-bond donors (Lipinski definition) is 3. The van der Waals surface area contributed by atoms with Crippen molar-refractivity contribution in [2.75, 3.05) is 11.1 Å². The molecule has 0 aromatic heterocycles. The monoisotopic (exact) mass is 357 g/mol. The summed E-state index contributed by atoms with van der Waals surface area (Å²) in [5.41, 5.74) is 9.19. The molecule has 2 rings (SSSR count). The standard InChI is InChI=1S/C20H26FN3.C2H6/c1-4-5-6-13(2)7-10-18(22)16-11-20(17(21)12-19(16)23)24-14(3)15-8-9-15;1-2/h6-7,10-12,15,22,24H,3-5,8-9,23H2,1-2H3;1-2H3/b10-7+,13-6+,22-18?;. The Labute approximate surface area is 157 Å². The lowest BCUT2D eigenvalue weighted by Gasteiger charge is -2.13. The summed E-state index contributed by atoms with van der Waals surface area (Å²) >= 11 is 0. The number of anilines is 2. The minimum Gasteiger partial charge on any atom is -0.398 e. The normalized spacial score (nSPS) is 14.0. The van der Waals surface area contributed by atoms with Crippen molar-refractivity contribution in [3.05, 3.63) is 59.6 Å². The maximum absolute atomic E-state index is 14.1. The summed E-state index contributed by atoms with van der Waals surface area (Å²) in [4.78, 5) is 0. The topological polar surface area (TPSA) is 61.9 Å². The van der Waals surface area contributed by atoms with Gasteiger partial charge in [-0.2, -0.15) is 0 Å². The maximum Gasteiger partial charge on any atom is 0.148 e. The highest BCUT2D eigenvalue weighted by Gasteiger charge is 2.25. The summed E-state index contributed by atoms with van der Waals surface area (Å²) in [6, 6.07) is 2.86. The van der Waals surface area contributed by atoms with Gasteiger partial charge >= 0.3 is 0 Å². The fourth-order valence-corrected chi connectivity index (χ4v) is 2.37. The van der Waals surface area contributed by atoms with Crippen LogP contribution in [0, 0.1) is 17.1 Å². The number of rotatable bonds is 8. The summed E-state index contributed by atoms with van der Waals surface area (Å²) in [5, 5.41) is 11.3. The van der Waals surface area contributed by atoms with Crippen LogP contribution in [0.2, 0.25) is 0 Å². The number of benzene rings is 1. The second-order valence-electron chi connectivity index (χ2n) is 6.33. The molecule has 4 N–H and O–H groups in total. The summed E-state index contributed by atoms with van der Waals surface area (Å²) < 4.78 is 14.1. The van der Waals surface area contributed by atoms with Gasteiger partial charge in [-0.05, 0) is 50.3 Å². The molecule has 26 heavy (non-hydrogen) atoms. The minimum absolute atomic E-state index is 0.261. The van der Waals surface area contributed by atoms with Gasteiger partial charge in [-0.1, -0.05) is 51.5 Å². The van der Waals surface area contributed by atoms with Crippen LogP contribution in [-0.4, -0.2) is 5.71 Å². The van der Waals surface area contributed by atoms with E-state index in [0.29, 0.717) is 17.2 Å². The van der Waals surface area contributed by atoms with Gasteiger partial charge < -0.3 is 16.5 Å². The average Bonchev–Trinajstić information content (AvgIpc) is 3.47. The Balaban J connectivity index is 0.00000163. The van der Waals surface area contributed by atoms with Gasteiger partial charge in [0.2, 0.25) is 0 Å². The van der Waals surface area contributed by atoms with Crippen molar-refractivity contribution < 1.29 is 4.39 Å². The van der Waals surface area contributed by atoms with E-state index in [-0.39, 0.29) is 11.4 Å². The highest BCUT2D eigenvalue weighted by Crippen LogP contribution is 2.36. The Bertz CT molecular complexity index is 698. The van der Waals surface area contributed by atoms with E-state index in [1.807, 2.05) is 26.8 Å². The molecule has 0 heterocycles. The van der Waals surface area contributed by atoms with Gasteiger partial charge in [0.1, 0.15) is 5.82 Å². The third-order valence-corrected chi connectivity index (χ3v) is 4.06. The maximum atomic E-state index is 14.1. The van der Waals surface area contributed by atoms with Crippen molar-refractivity contribution in [1.29, 1.82) is 5.41 Å². The first-order chi connectivity index (χ1) is 12.4. The van der Waals surface area contributed by atoms with Crippen LogP contribution in [0.1, 0.15) is 58.9 Å². The van der Waals surface area contributed by atoms with Gasteiger partial charge in [0.25, 0.3) is 0 Å². The zero-order valence-corrected chi connectivity index (χ0v) is 16.5. The van der Waals surface area contributed by atoms with E-state index in [1.54, 1.807) is 12.1 Å². The van der Waals surface area contributed by atoms with Crippen LogP contribution in [0.25, 0.3) is 0 Å². The minimum atomic E-state index is -0.422. The average molecular weight is 358 g/mol. The van der Waals surface area contributed by atoms with E-state index in [2.05, 4.69) is 24.9 Å². The van der Waals surface area contributed by atoms with Gasteiger partial charge in [-0.3, -0.25) is 0 Å². The SMILES string of the molecule is C=C(Nc1cc(C(=N)/C=C/C(C)=C/CCC)c(N)cc1F)C1CC1.CC. The lowest BCUT2D eigenvalue weighted by atomic mass is 10.0. The molecule has 0 bridgehead atoms. The molecule has 0 aliphatic heterocycles. The molecule has 1 aromatic rings. The molecule has 0 atom stereocenters. The fraction of sp³-hybridized carbons (Fsp3) is 0.409. The summed E-state index contributed by atoms with van der Waals surface area (Å²) in [6.07, 6.45) is 10.0. The number of nitrogen functional groups attached to an aromatic ring is 1. The van der Waals surface area contributed by atoms with Crippen molar-refractivity contribution in [2.45, 2.75) is 53.4 Å². The molecule has 0 saturated heterocycles. The highest BCUT2D eigenvalue weighted by molar-refractivity contribution is 6.10. The third kappa shape index (κ3) is 6.51. The van der Waals surface area contributed by atoms with Gasteiger partial charge in [-0.25, -0.2) is 4.39 Å². The number of unbranched alkanes of at least 4 members (excludes halogenated alkanes) is 1. The van der Waals surface area contributed by atoms with Crippen LogP contribution in [0.4, 0.5) is 15.8 Å². The molecular formula is C22H32FN3. The smallest absolute Gasteiger partial charge is 0.148 e. The van der Waals surface area contributed by atoms with Crippen molar-refractivity contribution in [1.82, 2.24) is 0 Å². The van der Waals surface area contributed by atoms with E-state index >= 15 is 0 Å². The van der Waals surface area contributed by atoms with Crippen molar-refractivity contribution >= 4 is 17.1 Å². The van der Waals surface area contributed by atoms with Crippen LogP contribution >= 0.6 is 0 Å². The number of nitrogens with one attached hydrogen (secondary N) is 2. The summed E-state index contributed by atoms with van der Waals surface area (Å²) in [7, 11) is 0. The van der Waals surface area contributed by atoms with Crippen molar-refractivity contribution in [2.24, 2.45) is 5.92 Å². The van der Waals surface area contributed by atoms with E-state index in [4.69, 9.17) is 11.1 Å². The Kier molecular flexibility index (Phi) is 8.83. The lowest BCUT2D eigenvalue weighted by molar-refractivity contribution is 0.631. The molecule has 1 aliphatic carbocycles. The van der Waals surface area contributed by atoms with Crippen LogP contribution in [0.3, 0.4) is 0 Å². The first kappa shape index (κ1) is 21.7. The van der Waals surface area contributed by atoms with E-state index < -0.39 is 5.82 Å². The van der Waals surface area contributed by atoms with Crippen molar-refractivity contribution in [3.63, 3.8) is 0 Å². The quantitative estimate of drug-likeness (QED) is 0.285. The predicted molar refractivity (Wildman–Crippen MR) is 112 cm³/mol. The van der Waals surface area contributed by atoms with Gasteiger partial charge in [-0.15, -0.1) is 0 Å². The Hall–Kier alpha value is -2.36. The van der Waals surface area contributed by atoms with Gasteiger partial charge in [0.15, 0.2) is 0 Å². The summed E-state index contributed by atoms with van der Waals surface area (Å²) in [5.74, 6) is 0.00459. The number of hydrogen-bond acceptors (Lipinski definition) is 3. The molecule has 1 aliphatic rings. The second kappa shape index (κ2) is 10.6. The van der Waals surface area contributed by atoms with Crippen LogP contribution in [-0.2, 0) is 0 Å². The lowest BCUT2D eigenvalue weighted by Crippen LogP contribution is -2.07. The van der Waals surface area contributed by atoms with Crippen LogP contribution < -0.4 is 11.1 Å². The van der Waals surface area contributed by atoms with Crippen LogP contribution in [0.5, 0.6) is 0 Å². The molecule has 3 nitrogen and oxygen atoms in total. The Morgan fingerprint density at radius 3 is 2.58 bits per heavy atom. The van der Waals surface area contributed by atoms with Gasteiger partial charge in [0, 0.05) is 16.9 Å². The molecular weight excluding hydrogens is 325 g/mol. The molecule has 1 saturated carbocycles. The molecule has 0 spiro atoms. The van der Waals surface area contributed by atoms with Crippen molar-refractivity contribution in [3.8, 4) is 0 Å². The van der Waals surface area contributed by atoms with Crippen LogP contribution in [0.15, 0.2) is 48.2 Å². The Morgan fingerprint density at radius 2 is 2.00 bits per heavy atom. The van der Waals surface area contributed by atoms with E-state index in [9.17, 15) is 4.39 Å². The second-order valence-corrected chi connectivity index (χ2v) is 6.33. The fourth-order valence-electron chi connectivity index (χ4n) is 2.37. The molecule has 4 heteroatoms. The zero-order valence-electron chi connectivity index (χ0n) is 16.5. The highest BCUT2D eigenvalue weighted by atomic mass is 19.1. The first-order valence-electron chi connectivity index (χ1n) is 9.41. The number of allylic oxidation sites excluding steroid dienone is 5. The van der Waals surface area contributed by atoms with Gasteiger partial charge in [0.05, 0.1) is 11.4 Å². The molecule has 1 fully saturated rings. The first-order valence-corrected chi connectivity index (χ1v) is 9.41. The molecule has 0 radical (unpaired) electrons. The molecule has 0 amide bonds. The Morgan fingerprint density at radius 1 is 1.35 bits per heavy atom. The number of nitrogens with two attached hydrogens (primary N) is 1. The van der Waals surface area contributed by atoms with E-state index in [1.165, 1.54) is 6.07 Å². The predicted octanol–water partition coefficient (Wildman–Crippen LogP) is 6.44. The van der Waals surface area contributed by atoms with E-state index in [0.717, 1.165) is 37.0 Å². The number of halogens is 1.